The molecule has 1 heterocycles. The highest BCUT2D eigenvalue weighted by atomic mass is 16.3. The van der Waals surface area contributed by atoms with E-state index in [9.17, 15) is 9.90 Å². The number of hydrogen-bond acceptors (Lipinski definition) is 3. The van der Waals surface area contributed by atoms with Crippen LogP contribution in [0, 0.1) is 0 Å². The minimum Gasteiger partial charge on any atom is -0.384 e. The lowest BCUT2D eigenvalue weighted by Crippen LogP contribution is -2.29. The average molecular weight is 219 g/mol. The molecular weight excluding hydrogens is 202 g/mol. The Hall–Kier alpha value is -1.19. The predicted octanol–water partition coefficient (Wildman–Crippen LogP) is 1.41. The molecule has 16 heavy (non-hydrogen) atoms. The van der Waals surface area contributed by atoms with Crippen molar-refractivity contribution in [2.24, 2.45) is 0 Å². The molecule has 86 valence electrons. The monoisotopic (exact) mass is 219 g/mol. The maximum atomic E-state index is 11.3. The van der Waals surface area contributed by atoms with E-state index < -0.39 is 5.60 Å². The Bertz CT molecular complexity index is 416. The third kappa shape index (κ3) is 2.01. The van der Waals surface area contributed by atoms with E-state index in [2.05, 4.69) is 4.90 Å². The lowest BCUT2D eigenvalue weighted by molar-refractivity contribution is 0.0488. The number of rotatable bonds is 2. The average Bonchev–Trinajstić information content (AvgIpc) is 2.60. The first kappa shape index (κ1) is 11.3. The summed E-state index contributed by atoms with van der Waals surface area (Å²) in [6, 6.07) is 7.32. The number of carbonyl (C=O) groups is 1. The third-order valence-electron chi connectivity index (χ3n) is 3.25. The van der Waals surface area contributed by atoms with E-state index in [1.54, 1.807) is 13.0 Å². The minimum atomic E-state index is -0.791. The fourth-order valence-corrected chi connectivity index (χ4v) is 2.24. The summed E-state index contributed by atoms with van der Waals surface area (Å²) >= 11 is 0. The summed E-state index contributed by atoms with van der Waals surface area (Å²) in [7, 11) is 1.99. The topological polar surface area (TPSA) is 40.5 Å². The fraction of sp³-hybridized carbons (Fsp3) is 0.462. The number of aliphatic hydroxyl groups is 1. The van der Waals surface area contributed by atoms with Gasteiger partial charge < -0.3 is 10.0 Å². The zero-order valence-corrected chi connectivity index (χ0v) is 9.73. The summed E-state index contributed by atoms with van der Waals surface area (Å²) in [6.07, 6.45) is 0.727. The summed E-state index contributed by atoms with van der Waals surface area (Å²) in [5.74, 6) is 0.0387. The van der Waals surface area contributed by atoms with Crippen LogP contribution in [0.15, 0.2) is 24.3 Å². The van der Waals surface area contributed by atoms with Crippen LogP contribution in [0.3, 0.4) is 0 Å². The van der Waals surface area contributed by atoms with Gasteiger partial charge in [-0.2, -0.15) is 0 Å². The number of benzene rings is 1. The van der Waals surface area contributed by atoms with Gasteiger partial charge in [0, 0.05) is 18.7 Å². The van der Waals surface area contributed by atoms with Crippen molar-refractivity contribution >= 4 is 5.78 Å². The van der Waals surface area contributed by atoms with Crippen LogP contribution in [0.5, 0.6) is 0 Å². The van der Waals surface area contributed by atoms with Gasteiger partial charge in [0.25, 0.3) is 0 Å². The molecule has 3 heteroatoms. The molecule has 3 nitrogen and oxygen atoms in total. The number of likely N-dealkylation sites (N-methyl/N-ethyl adjacent to an activating group) is 1. The molecule has 1 N–H and O–H groups in total. The highest BCUT2D eigenvalue weighted by Crippen LogP contribution is 2.31. The Morgan fingerprint density at radius 2 is 2.25 bits per heavy atom. The molecule has 2 rings (SSSR count). The first-order valence-electron chi connectivity index (χ1n) is 5.54. The van der Waals surface area contributed by atoms with Crippen LogP contribution < -0.4 is 0 Å². The van der Waals surface area contributed by atoms with Crippen LogP contribution in [0.4, 0.5) is 0 Å². The van der Waals surface area contributed by atoms with Gasteiger partial charge in [-0.15, -0.1) is 0 Å². The third-order valence-corrected chi connectivity index (χ3v) is 3.25. The van der Waals surface area contributed by atoms with Crippen molar-refractivity contribution in [2.45, 2.75) is 18.9 Å². The highest BCUT2D eigenvalue weighted by Gasteiger charge is 2.36. The summed E-state index contributed by atoms with van der Waals surface area (Å²) in [5, 5.41) is 10.5. The first-order valence-corrected chi connectivity index (χ1v) is 5.54. The van der Waals surface area contributed by atoms with Gasteiger partial charge in [0.2, 0.25) is 0 Å². The molecule has 1 aliphatic heterocycles. The van der Waals surface area contributed by atoms with Gasteiger partial charge in [-0.3, -0.25) is 4.79 Å². The van der Waals surface area contributed by atoms with Crippen LogP contribution in [0.2, 0.25) is 0 Å². The second-order valence-corrected chi connectivity index (χ2v) is 4.66. The molecular formula is C13H17NO2. The van der Waals surface area contributed by atoms with Gasteiger partial charge in [0.05, 0.1) is 0 Å². The Morgan fingerprint density at radius 3 is 2.81 bits per heavy atom. The van der Waals surface area contributed by atoms with E-state index in [0.717, 1.165) is 18.5 Å². The van der Waals surface area contributed by atoms with E-state index in [1.807, 2.05) is 25.2 Å². The lowest BCUT2D eigenvalue weighted by Gasteiger charge is -2.23. The molecule has 0 aromatic heterocycles. The van der Waals surface area contributed by atoms with Crippen molar-refractivity contribution in [3.05, 3.63) is 35.4 Å². The van der Waals surface area contributed by atoms with Crippen LogP contribution >= 0.6 is 0 Å². The Kier molecular flexibility index (Phi) is 2.82. The maximum Gasteiger partial charge on any atom is 0.159 e. The number of hydrogen-bond donors (Lipinski definition) is 1. The van der Waals surface area contributed by atoms with E-state index in [1.165, 1.54) is 0 Å². The number of ketones is 1. The molecule has 0 saturated carbocycles. The number of likely N-dealkylation sites (tertiary alicyclic amines) is 1. The Balaban J connectivity index is 2.33. The first-order chi connectivity index (χ1) is 7.51. The molecule has 0 spiro atoms. The van der Waals surface area contributed by atoms with Crippen LogP contribution in [0.1, 0.15) is 29.3 Å². The number of nitrogens with zero attached hydrogens (tertiary/aromatic N) is 1. The number of carbonyl (C=O) groups excluding carboxylic acids is 1. The van der Waals surface area contributed by atoms with Crippen molar-refractivity contribution in [3.63, 3.8) is 0 Å². The molecule has 1 atom stereocenters. The standard InChI is InChI=1S/C13H17NO2/c1-10(15)11-4-3-5-12(8-11)13(16)6-7-14(2)9-13/h3-5,8,16H,6-7,9H2,1-2H3. The zero-order chi connectivity index (χ0) is 11.8. The second kappa shape index (κ2) is 4.00. The minimum absolute atomic E-state index is 0.0387. The Labute approximate surface area is 95.7 Å². The highest BCUT2D eigenvalue weighted by molar-refractivity contribution is 5.94. The summed E-state index contributed by atoms with van der Waals surface area (Å²) in [5.41, 5.74) is 0.727. The van der Waals surface area contributed by atoms with Crippen LogP contribution in [-0.4, -0.2) is 35.9 Å². The van der Waals surface area contributed by atoms with Gasteiger partial charge in [-0.1, -0.05) is 18.2 Å². The summed E-state index contributed by atoms with van der Waals surface area (Å²) in [6.45, 7) is 3.07. The van der Waals surface area contributed by atoms with Gasteiger partial charge in [0.15, 0.2) is 5.78 Å². The molecule has 1 aromatic carbocycles. The van der Waals surface area contributed by atoms with Crippen molar-refractivity contribution in [2.75, 3.05) is 20.1 Å². The molecule has 1 aromatic rings. The zero-order valence-electron chi connectivity index (χ0n) is 9.73. The van der Waals surface area contributed by atoms with Crippen LogP contribution in [0.25, 0.3) is 0 Å². The number of Topliss-reactive ketones (excluding diaryl/α,β-unsaturated/α-hetero) is 1. The van der Waals surface area contributed by atoms with E-state index in [-0.39, 0.29) is 5.78 Å². The van der Waals surface area contributed by atoms with Crippen molar-refractivity contribution in [1.29, 1.82) is 0 Å². The van der Waals surface area contributed by atoms with Gasteiger partial charge in [0.1, 0.15) is 5.60 Å². The summed E-state index contributed by atoms with van der Waals surface area (Å²) in [4.78, 5) is 13.4. The number of β-amino-alcohol motifs (C(OH)–C–C–N with tert-alkyl or cyclic N) is 1. The van der Waals surface area contributed by atoms with Crippen molar-refractivity contribution in [3.8, 4) is 0 Å². The molecule has 1 saturated heterocycles. The molecule has 1 unspecified atom stereocenters. The molecule has 0 amide bonds. The molecule has 1 aliphatic rings. The van der Waals surface area contributed by atoms with E-state index in [4.69, 9.17) is 0 Å². The molecule has 0 radical (unpaired) electrons. The maximum absolute atomic E-state index is 11.3. The smallest absolute Gasteiger partial charge is 0.159 e. The van der Waals surface area contributed by atoms with Crippen molar-refractivity contribution in [1.82, 2.24) is 4.90 Å². The second-order valence-electron chi connectivity index (χ2n) is 4.66. The molecule has 0 aliphatic carbocycles. The van der Waals surface area contributed by atoms with Crippen molar-refractivity contribution < 1.29 is 9.90 Å². The van der Waals surface area contributed by atoms with Gasteiger partial charge >= 0.3 is 0 Å². The summed E-state index contributed by atoms with van der Waals surface area (Å²) < 4.78 is 0. The lowest BCUT2D eigenvalue weighted by atomic mass is 9.91. The van der Waals surface area contributed by atoms with E-state index in [0.29, 0.717) is 12.1 Å². The Morgan fingerprint density at radius 1 is 1.50 bits per heavy atom. The predicted molar refractivity (Wildman–Crippen MR) is 62.5 cm³/mol. The molecule has 0 bridgehead atoms. The molecule has 1 fully saturated rings. The van der Waals surface area contributed by atoms with Crippen LogP contribution in [-0.2, 0) is 5.60 Å². The SMILES string of the molecule is CC(=O)c1cccc(C2(O)CCN(C)C2)c1. The van der Waals surface area contributed by atoms with E-state index >= 15 is 0 Å². The quantitative estimate of drug-likeness (QED) is 0.765. The van der Waals surface area contributed by atoms with Gasteiger partial charge in [-0.05, 0) is 32.0 Å². The normalized spacial score (nSPS) is 25.9. The largest absolute Gasteiger partial charge is 0.384 e. The fourth-order valence-electron chi connectivity index (χ4n) is 2.24. The van der Waals surface area contributed by atoms with Gasteiger partial charge in [-0.25, -0.2) is 0 Å².